The summed E-state index contributed by atoms with van der Waals surface area (Å²) in [6.45, 7) is 4.05. The van der Waals surface area contributed by atoms with Crippen LogP contribution in [-0.4, -0.2) is 64.2 Å². The van der Waals surface area contributed by atoms with Crippen LogP contribution in [0.5, 0.6) is 0 Å². The zero-order valence-corrected chi connectivity index (χ0v) is 21.3. The molecule has 3 aliphatic rings. The van der Waals surface area contributed by atoms with Gasteiger partial charge < -0.3 is 24.1 Å². The summed E-state index contributed by atoms with van der Waals surface area (Å²) in [5.74, 6) is -0.714. The highest BCUT2D eigenvalue weighted by atomic mass is 16.6. The Bertz CT molecular complexity index is 1880. The molecule has 196 valence electrons. The summed E-state index contributed by atoms with van der Waals surface area (Å²) < 4.78 is 10.6. The van der Waals surface area contributed by atoms with Crippen LogP contribution in [0.1, 0.15) is 33.6 Å². The van der Waals surface area contributed by atoms with Crippen LogP contribution in [0.4, 0.5) is 4.79 Å². The normalized spacial score (nSPS) is 19.5. The van der Waals surface area contributed by atoms with Gasteiger partial charge in [-0.1, -0.05) is 36.4 Å². The van der Waals surface area contributed by atoms with Crippen LogP contribution in [0, 0.1) is 0 Å². The summed E-state index contributed by atoms with van der Waals surface area (Å²) in [6, 6.07) is 16.0. The van der Waals surface area contributed by atoms with Crippen molar-refractivity contribution in [3.05, 3.63) is 59.7 Å². The Balaban J connectivity index is 1.41. The molecule has 2 N–H and O–H groups in total. The number of aryl methyl sites for hydroxylation is 1. The largest absolute Gasteiger partial charge is 0.444 e. The first kappa shape index (κ1) is 22.6. The zero-order chi connectivity index (χ0) is 26.2. The molecule has 0 aliphatic carbocycles. The number of fused-ring (bicyclic) bond motifs is 9. The van der Waals surface area contributed by atoms with Gasteiger partial charge in [0.2, 0.25) is 0 Å². The molecule has 9 nitrogen and oxygen atoms in total. The van der Waals surface area contributed by atoms with E-state index in [1.807, 2.05) is 42.5 Å². The quantitative estimate of drug-likeness (QED) is 0.325. The lowest BCUT2D eigenvalue weighted by Gasteiger charge is -2.27. The van der Waals surface area contributed by atoms with E-state index in [1.165, 1.54) is 0 Å². The Kier molecular flexibility index (Phi) is 4.82. The Morgan fingerprint density at radius 3 is 2.15 bits per heavy atom. The molecule has 1 atom stereocenters. The monoisotopic (exact) mass is 521 g/mol. The minimum absolute atomic E-state index is 0.279. The third-order valence-electron chi connectivity index (χ3n) is 8.52. The van der Waals surface area contributed by atoms with Crippen molar-refractivity contribution in [3.63, 3.8) is 0 Å². The molecule has 2 aromatic heterocycles. The number of para-hydroxylation sites is 2. The fourth-order valence-electron chi connectivity index (χ4n) is 6.87. The molecular formula is C30H27N5O4. The first-order valence-corrected chi connectivity index (χ1v) is 13.6. The van der Waals surface area contributed by atoms with Crippen LogP contribution in [0.2, 0.25) is 0 Å². The summed E-state index contributed by atoms with van der Waals surface area (Å²) in [5.41, 5.74) is 4.70. The average molecular weight is 522 g/mol. The van der Waals surface area contributed by atoms with Gasteiger partial charge >= 0.3 is 6.09 Å². The molecular weight excluding hydrogens is 494 g/mol. The zero-order valence-electron chi connectivity index (χ0n) is 21.3. The molecule has 3 amide bonds. The van der Waals surface area contributed by atoms with Crippen molar-refractivity contribution < 1.29 is 19.1 Å². The first-order chi connectivity index (χ1) is 19.1. The van der Waals surface area contributed by atoms with Crippen molar-refractivity contribution in [2.75, 3.05) is 26.2 Å². The van der Waals surface area contributed by atoms with Crippen LogP contribution in [0.25, 0.3) is 43.6 Å². The number of imide groups is 1. The van der Waals surface area contributed by atoms with Crippen molar-refractivity contribution in [1.29, 1.82) is 0 Å². The molecule has 5 aromatic rings. The fourth-order valence-corrected chi connectivity index (χ4v) is 6.87. The van der Waals surface area contributed by atoms with Crippen molar-refractivity contribution in [2.24, 2.45) is 0 Å². The number of hydrogen-bond donors (Lipinski definition) is 2. The van der Waals surface area contributed by atoms with E-state index in [0.29, 0.717) is 43.7 Å². The maximum Gasteiger partial charge on any atom is 0.410 e. The van der Waals surface area contributed by atoms with Gasteiger partial charge in [-0.25, -0.2) is 4.79 Å². The van der Waals surface area contributed by atoms with Crippen LogP contribution >= 0.6 is 0 Å². The molecule has 3 aromatic carbocycles. The molecule has 0 saturated carbocycles. The minimum atomic E-state index is -0.364. The lowest BCUT2D eigenvalue weighted by molar-refractivity contribution is 0.0514. The number of ether oxygens (including phenoxy) is 1. The van der Waals surface area contributed by atoms with Crippen molar-refractivity contribution in [3.8, 4) is 0 Å². The molecule has 0 spiro atoms. The molecule has 0 bridgehead atoms. The molecule has 9 heteroatoms. The number of rotatable bonds is 1. The van der Waals surface area contributed by atoms with Gasteiger partial charge in [-0.2, -0.15) is 0 Å². The van der Waals surface area contributed by atoms with Gasteiger partial charge in [0.1, 0.15) is 6.10 Å². The maximum absolute atomic E-state index is 13.3. The summed E-state index contributed by atoms with van der Waals surface area (Å²) in [6.07, 6.45) is 0.885. The lowest BCUT2D eigenvalue weighted by Crippen LogP contribution is -2.38. The number of amides is 3. The van der Waals surface area contributed by atoms with Gasteiger partial charge in [0, 0.05) is 65.2 Å². The number of benzene rings is 3. The first-order valence-electron chi connectivity index (χ1n) is 13.6. The topological polar surface area (TPSA) is 97.6 Å². The Labute approximate surface area is 223 Å². The molecule has 1 fully saturated rings. The molecule has 8 rings (SSSR count). The van der Waals surface area contributed by atoms with E-state index in [0.717, 1.165) is 63.1 Å². The fraction of sp³-hybridized carbons (Fsp3) is 0.300. The van der Waals surface area contributed by atoms with Crippen molar-refractivity contribution >= 4 is 61.5 Å². The Morgan fingerprint density at radius 2 is 1.44 bits per heavy atom. The SMILES string of the molecule is O=C1NC(=O)c2c1c1c3ccccc3n3c1c1c2c2ccccc2n1CC(OC(=O)N1CCCNCC1)CC3. The van der Waals surface area contributed by atoms with Crippen LogP contribution in [-0.2, 0) is 17.8 Å². The van der Waals surface area contributed by atoms with Crippen LogP contribution in [0.15, 0.2) is 48.5 Å². The third-order valence-corrected chi connectivity index (χ3v) is 8.52. The predicted molar refractivity (Wildman–Crippen MR) is 148 cm³/mol. The van der Waals surface area contributed by atoms with Crippen molar-refractivity contribution in [1.82, 2.24) is 24.7 Å². The predicted octanol–water partition coefficient (Wildman–Crippen LogP) is 3.99. The molecule has 5 heterocycles. The number of hydrogen-bond acceptors (Lipinski definition) is 5. The molecule has 0 radical (unpaired) electrons. The summed E-state index contributed by atoms with van der Waals surface area (Å²) in [7, 11) is 0. The van der Waals surface area contributed by atoms with Gasteiger partial charge in [-0.3, -0.25) is 14.9 Å². The van der Waals surface area contributed by atoms with E-state index in [4.69, 9.17) is 4.74 Å². The highest BCUT2D eigenvalue weighted by Gasteiger charge is 2.37. The van der Waals surface area contributed by atoms with Gasteiger partial charge in [-0.15, -0.1) is 0 Å². The smallest absolute Gasteiger partial charge is 0.410 e. The molecule has 3 aliphatic heterocycles. The highest BCUT2D eigenvalue weighted by Crippen LogP contribution is 2.45. The second-order valence-electron chi connectivity index (χ2n) is 10.7. The number of nitrogens with one attached hydrogen (secondary N) is 2. The van der Waals surface area contributed by atoms with Gasteiger partial charge in [0.15, 0.2) is 0 Å². The van der Waals surface area contributed by atoms with Gasteiger partial charge in [-0.05, 0) is 25.1 Å². The third kappa shape index (κ3) is 3.13. The highest BCUT2D eigenvalue weighted by molar-refractivity contribution is 6.39. The molecule has 39 heavy (non-hydrogen) atoms. The molecule has 1 saturated heterocycles. The number of aromatic nitrogens is 2. The Morgan fingerprint density at radius 1 is 0.795 bits per heavy atom. The lowest BCUT2D eigenvalue weighted by atomic mass is 9.96. The standard InChI is InChI=1S/C30H27N5O4/c36-28-24-22-18-6-1-3-8-20(18)34-14-10-17(39-30(38)33-13-5-11-31-12-15-33)16-35-21-9-4-2-7-19(21)23(27(35)26(22)34)25(24)29(37)32-28/h1-4,6-9,17,31H,5,10-16H2,(H,32,36,37). The Hall–Kier alpha value is -4.37. The van der Waals surface area contributed by atoms with Gasteiger partial charge in [0.05, 0.1) is 28.7 Å². The van der Waals surface area contributed by atoms with E-state index in [1.54, 1.807) is 4.90 Å². The summed E-state index contributed by atoms with van der Waals surface area (Å²) in [5, 5.41) is 9.36. The summed E-state index contributed by atoms with van der Waals surface area (Å²) in [4.78, 5) is 41.6. The van der Waals surface area contributed by atoms with E-state index in [2.05, 4.69) is 25.8 Å². The maximum atomic E-state index is 13.3. The number of carbonyl (C=O) groups excluding carboxylic acids is 3. The average Bonchev–Trinajstić information content (AvgIpc) is 3.41. The van der Waals surface area contributed by atoms with E-state index < -0.39 is 0 Å². The second kappa shape index (κ2) is 8.31. The van der Waals surface area contributed by atoms with Crippen LogP contribution in [0.3, 0.4) is 0 Å². The van der Waals surface area contributed by atoms with Gasteiger partial charge in [0.25, 0.3) is 11.8 Å². The number of carbonyl (C=O) groups is 3. The van der Waals surface area contributed by atoms with E-state index >= 15 is 0 Å². The molecule has 1 unspecified atom stereocenters. The minimum Gasteiger partial charge on any atom is -0.444 e. The second-order valence-corrected chi connectivity index (χ2v) is 10.7. The summed E-state index contributed by atoms with van der Waals surface area (Å²) >= 11 is 0. The number of nitrogens with zero attached hydrogens (tertiary/aromatic N) is 3. The van der Waals surface area contributed by atoms with Crippen molar-refractivity contribution in [2.45, 2.75) is 32.0 Å². The van der Waals surface area contributed by atoms with E-state index in [9.17, 15) is 14.4 Å². The van der Waals surface area contributed by atoms with Crippen LogP contribution < -0.4 is 10.6 Å². The van der Waals surface area contributed by atoms with E-state index in [-0.39, 0.29) is 24.0 Å².